The fourth-order valence-corrected chi connectivity index (χ4v) is 2.75. The van der Waals surface area contributed by atoms with Gasteiger partial charge in [-0.3, -0.25) is 4.79 Å². The van der Waals surface area contributed by atoms with Crippen LogP contribution in [-0.2, 0) is 6.61 Å². The van der Waals surface area contributed by atoms with Gasteiger partial charge in [0.25, 0.3) is 5.91 Å². The zero-order valence-electron chi connectivity index (χ0n) is 13.9. The SMILES string of the molecule is COc1cccc(OCc2nc(C(=O)N3CCCCCC3)co2)c1. The number of oxazole rings is 1. The second-order valence-corrected chi connectivity index (χ2v) is 5.80. The van der Waals surface area contributed by atoms with E-state index in [1.165, 1.54) is 19.1 Å². The predicted octanol–water partition coefficient (Wildman–Crippen LogP) is 3.28. The lowest BCUT2D eigenvalue weighted by Crippen LogP contribution is -2.32. The smallest absolute Gasteiger partial charge is 0.275 e. The number of nitrogens with zero attached hydrogens (tertiary/aromatic N) is 2. The summed E-state index contributed by atoms with van der Waals surface area (Å²) in [6.45, 7) is 1.75. The Bertz CT molecular complexity index is 675. The normalized spacial score (nSPS) is 15.0. The number of hydrogen-bond acceptors (Lipinski definition) is 5. The van der Waals surface area contributed by atoms with Gasteiger partial charge in [-0.2, -0.15) is 0 Å². The van der Waals surface area contributed by atoms with Crippen LogP contribution in [0.5, 0.6) is 11.5 Å². The summed E-state index contributed by atoms with van der Waals surface area (Å²) < 4.78 is 16.2. The van der Waals surface area contributed by atoms with Crippen molar-refractivity contribution in [2.75, 3.05) is 20.2 Å². The Morgan fingerprint density at radius 3 is 2.71 bits per heavy atom. The zero-order chi connectivity index (χ0) is 16.8. The maximum Gasteiger partial charge on any atom is 0.275 e. The summed E-state index contributed by atoms with van der Waals surface area (Å²) in [5.41, 5.74) is 0.348. The molecule has 0 radical (unpaired) electrons. The highest BCUT2D eigenvalue weighted by molar-refractivity contribution is 5.92. The molecule has 128 valence electrons. The molecule has 24 heavy (non-hydrogen) atoms. The Kier molecular flexibility index (Phi) is 5.36. The molecule has 0 spiro atoms. The maximum absolute atomic E-state index is 12.5. The molecular formula is C18H22N2O4. The summed E-state index contributed by atoms with van der Waals surface area (Å²) in [6.07, 6.45) is 5.88. The van der Waals surface area contributed by atoms with E-state index in [4.69, 9.17) is 13.9 Å². The Balaban J connectivity index is 1.59. The van der Waals surface area contributed by atoms with Crippen molar-refractivity contribution >= 4 is 5.91 Å². The lowest BCUT2D eigenvalue weighted by Gasteiger charge is -2.18. The van der Waals surface area contributed by atoms with Gasteiger partial charge in [0, 0.05) is 19.2 Å². The molecule has 1 amide bonds. The molecule has 0 N–H and O–H groups in total. The molecule has 6 nitrogen and oxygen atoms in total. The molecule has 1 aliphatic heterocycles. The third-order valence-electron chi connectivity index (χ3n) is 4.07. The topological polar surface area (TPSA) is 64.8 Å². The fourth-order valence-electron chi connectivity index (χ4n) is 2.75. The first-order valence-corrected chi connectivity index (χ1v) is 8.27. The lowest BCUT2D eigenvalue weighted by molar-refractivity contribution is 0.0755. The van der Waals surface area contributed by atoms with E-state index in [1.807, 2.05) is 23.1 Å². The minimum absolute atomic E-state index is 0.0618. The first-order valence-electron chi connectivity index (χ1n) is 8.27. The van der Waals surface area contributed by atoms with Crippen molar-refractivity contribution in [2.24, 2.45) is 0 Å². The molecule has 0 atom stereocenters. The molecule has 1 aromatic heterocycles. The number of benzene rings is 1. The van der Waals surface area contributed by atoms with Gasteiger partial charge in [-0.05, 0) is 25.0 Å². The van der Waals surface area contributed by atoms with E-state index >= 15 is 0 Å². The third kappa shape index (κ3) is 4.07. The maximum atomic E-state index is 12.5. The first kappa shape index (κ1) is 16.4. The summed E-state index contributed by atoms with van der Waals surface area (Å²) in [5.74, 6) is 1.70. The minimum Gasteiger partial charge on any atom is -0.497 e. The van der Waals surface area contributed by atoms with Gasteiger partial charge in [0.05, 0.1) is 7.11 Å². The first-order chi connectivity index (χ1) is 11.8. The number of ether oxygens (including phenoxy) is 2. The van der Waals surface area contributed by atoms with Crippen LogP contribution in [0, 0.1) is 0 Å². The minimum atomic E-state index is -0.0618. The number of aromatic nitrogens is 1. The molecule has 1 fully saturated rings. The van der Waals surface area contributed by atoms with E-state index in [0.29, 0.717) is 17.3 Å². The average molecular weight is 330 g/mol. The number of amides is 1. The van der Waals surface area contributed by atoms with Crippen LogP contribution in [0.2, 0.25) is 0 Å². The van der Waals surface area contributed by atoms with Crippen LogP contribution in [0.3, 0.4) is 0 Å². The van der Waals surface area contributed by atoms with Crippen molar-refractivity contribution in [1.29, 1.82) is 0 Å². The van der Waals surface area contributed by atoms with Crippen LogP contribution in [0.25, 0.3) is 0 Å². The van der Waals surface area contributed by atoms with Crippen LogP contribution >= 0.6 is 0 Å². The van der Waals surface area contributed by atoms with Gasteiger partial charge in [0.1, 0.15) is 17.8 Å². The molecule has 0 aliphatic carbocycles. The Morgan fingerprint density at radius 2 is 1.96 bits per heavy atom. The number of methoxy groups -OCH3 is 1. The lowest BCUT2D eigenvalue weighted by atomic mass is 10.2. The van der Waals surface area contributed by atoms with E-state index in [1.54, 1.807) is 13.2 Å². The largest absolute Gasteiger partial charge is 0.497 e. The van der Waals surface area contributed by atoms with Gasteiger partial charge in [-0.15, -0.1) is 0 Å². The average Bonchev–Trinajstić information content (AvgIpc) is 2.93. The fraction of sp³-hybridized carbons (Fsp3) is 0.444. The van der Waals surface area contributed by atoms with Crippen LogP contribution in [0.1, 0.15) is 42.1 Å². The van der Waals surface area contributed by atoms with Crippen LogP contribution in [0.15, 0.2) is 34.9 Å². The van der Waals surface area contributed by atoms with Gasteiger partial charge in [0.15, 0.2) is 12.3 Å². The van der Waals surface area contributed by atoms with E-state index in [0.717, 1.165) is 31.7 Å². The van der Waals surface area contributed by atoms with Crippen LogP contribution < -0.4 is 9.47 Å². The molecule has 0 saturated carbocycles. The molecule has 0 unspecified atom stereocenters. The second-order valence-electron chi connectivity index (χ2n) is 5.80. The molecule has 2 heterocycles. The molecule has 0 bridgehead atoms. The summed E-state index contributed by atoms with van der Waals surface area (Å²) in [5, 5.41) is 0. The summed E-state index contributed by atoms with van der Waals surface area (Å²) in [7, 11) is 1.61. The van der Waals surface area contributed by atoms with Crippen molar-refractivity contribution in [2.45, 2.75) is 32.3 Å². The molecular weight excluding hydrogens is 308 g/mol. The summed E-state index contributed by atoms with van der Waals surface area (Å²) in [4.78, 5) is 18.6. The molecule has 2 aromatic rings. The summed E-state index contributed by atoms with van der Waals surface area (Å²) >= 11 is 0. The number of rotatable bonds is 5. The van der Waals surface area contributed by atoms with Gasteiger partial charge >= 0.3 is 0 Å². The van der Waals surface area contributed by atoms with Crippen molar-refractivity contribution in [3.8, 4) is 11.5 Å². The number of hydrogen-bond donors (Lipinski definition) is 0. The van der Waals surface area contributed by atoms with Gasteiger partial charge in [-0.25, -0.2) is 4.98 Å². The predicted molar refractivity (Wildman–Crippen MR) is 88.2 cm³/mol. The summed E-state index contributed by atoms with van der Waals surface area (Å²) in [6, 6.07) is 7.30. The monoisotopic (exact) mass is 330 g/mol. The number of carbonyl (C=O) groups excluding carboxylic acids is 1. The third-order valence-corrected chi connectivity index (χ3v) is 4.07. The highest BCUT2D eigenvalue weighted by atomic mass is 16.5. The molecule has 1 saturated heterocycles. The quantitative estimate of drug-likeness (QED) is 0.842. The van der Waals surface area contributed by atoms with Crippen molar-refractivity contribution < 1.29 is 18.7 Å². The Hall–Kier alpha value is -2.50. The Morgan fingerprint density at radius 1 is 1.21 bits per heavy atom. The van der Waals surface area contributed by atoms with Gasteiger partial charge in [0.2, 0.25) is 5.89 Å². The van der Waals surface area contributed by atoms with Crippen molar-refractivity contribution in [1.82, 2.24) is 9.88 Å². The molecule has 3 rings (SSSR count). The van der Waals surface area contributed by atoms with E-state index in [-0.39, 0.29) is 12.5 Å². The highest BCUT2D eigenvalue weighted by Gasteiger charge is 2.20. The molecule has 1 aromatic carbocycles. The van der Waals surface area contributed by atoms with E-state index in [2.05, 4.69) is 4.98 Å². The second kappa shape index (κ2) is 7.86. The molecule has 1 aliphatic rings. The van der Waals surface area contributed by atoms with Crippen molar-refractivity contribution in [3.63, 3.8) is 0 Å². The van der Waals surface area contributed by atoms with Crippen molar-refractivity contribution in [3.05, 3.63) is 42.1 Å². The standard InChI is InChI=1S/C18H22N2O4/c1-22-14-7-6-8-15(11-14)23-13-17-19-16(12-24-17)18(21)20-9-4-2-3-5-10-20/h6-8,11-12H,2-5,9-10,13H2,1H3. The van der Waals surface area contributed by atoms with E-state index < -0.39 is 0 Å². The highest BCUT2D eigenvalue weighted by Crippen LogP contribution is 2.20. The van der Waals surface area contributed by atoms with Crippen LogP contribution in [0.4, 0.5) is 0 Å². The molecule has 6 heteroatoms. The zero-order valence-corrected chi connectivity index (χ0v) is 13.9. The number of carbonyl (C=O) groups is 1. The van der Waals surface area contributed by atoms with E-state index in [9.17, 15) is 4.79 Å². The van der Waals surface area contributed by atoms with Crippen LogP contribution in [-0.4, -0.2) is 36.0 Å². The number of likely N-dealkylation sites (tertiary alicyclic amines) is 1. The van der Waals surface area contributed by atoms with Gasteiger partial charge < -0.3 is 18.8 Å². The van der Waals surface area contributed by atoms with Gasteiger partial charge in [-0.1, -0.05) is 18.9 Å². The Labute approximate surface area is 141 Å².